The lowest BCUT2D eigenvalue weighted by Gasteiger charge is -2.10. The van der Waals surface area contributed by atoms with Crippen molar-refractivity contribution in [1.82, 2.24) is 0 Å². The fourth-order valence-electron chi connectivity index (χ4n) is 1.02. The summed E-state index contributed by atoms with van der Waals surface area (Å²) in [6.07, 6.45) is 0. The lowest BCUT2D eigenvalue weighted by molar-refractivity contribution is -0.107. The van der Waals surface area contributed by atoms with Gasteiger partial charge in [0.15, 0.2) is 0 Å². The summed E-state index contributed by atoms with van der Waals surface area (Å²) in [4.78, 5) is 31.2. The molecule has 3 atom stereocenters. The molecule has 1 saturated heterocycles. The molecular formula is C9H13O5PS4. The van der Waals surface area contributed by atoms with Gasteiger partial charge in [0.2, 0.25) is 5.12 Å². The van der Waals surface area contributed by atoms with E-state index in [2.05, 4.69) is 6.58 Å². The molecule has 1 aliphatic rings. The second-order valence-corrected chi connectivity index (χ2v) is 12.3. The predicted octanol–water partition coefficient (Wildman–Crippen LogP) is 3.55. The van der Waals surface area contributed by atoms with E-state index in [4.69, 9.17) is 10.00 Å². The SMILES string of the molecule is C=C(C)C(=O)SC1CSC(CSP(=O)(O)C(=O)O)S1. The molecule has 19 heavy (non-hydrogen) atoms. The molecule has 2 N–H and O–H groups in total. The molecule has 10 heteroatoms. The average Bonchev–Trinajstić information content (AvgIpc) is 2.74. The van der Waals surface area contributed by atoms with Crippen LogP contribution in [0.4, 0.5) is 4.79 Å². The Morgan fingerprint density at radius 1 is 1.53 bits per heavy atom. The highest BCUT2D eigenvalue weighted by molar-refractivity contribution is 8.61. The van der Waals surface area contributed by atoms with Crippen LogP contribution in [0, 0.1) is 0 Å². The van der Waals surface area contributed by atoms with Crippen LogP contribution in [0.15, 0.2) is 12.2 Å². The number of rotatable bonds is 6. The van der Waals surface area contributed by atoms with Gasteiger partial charge in [-0.3, -0.25) is 9.36 Å². The zero-order valence-corrected chi connectivity index (χ0v) is 14.1. The van der Waals surface area contributed by atoms with Gasteiger partial charge in [-0.05, 0) is 12.5 Å². The van der Waals surface area contributed by atoms with E-state index >= 15 is 0 Å². The van der Waals surface area contributed by atoms with Gasteiger partial charge in [0, 0.05) is 11.5 Å². The Kier molecular flexibility index (Phi) is 6.89. The first-order valence-electron chi connectivity index (χ1n) is 5.06. The van der Waals surface area contributed by atoms with Crippen LogP contribution in [-0.2, 0) is 9.36 Å². The van der Waals surface area contributed by atoms with E-state index < -0.39 is 12.3 Å². The van der Waals surface area contributed by atoms with Gasteiger partial charge >= 0.3 is 12.3 Å². The molecule has 3 unspecified atom stereocenters. The smallest absolute Gasteiger partial charge is 0.399 e. The van der Waals surface area contributed by atoms with E-state index in [1.54, 1.807) is 18.7 Å². The summed E-state index contributed by atoms with van der Waals surface area (Å²) >= 11 is 4.87. The van der Waals surface area contributed by atoms with Crippen molar-refractivity contribution in [2.45, 2.75) is 16.1 Å². The molecule has 1 heterocycles. The Labute approximate surface area is 127 Å². The molecule has 0 aromatic carbocycles. The number of carbonyl (C=O) groups excluding carboxylic acids is 1. The number of hydrogen-bond acceptors (Lipinski definition) is 7. The van der Waals surface area contributed by atoms with E-state index in [1.807, 2.05) is 0 Å². The summed E-state index contributed by atoms with van der Waals surface area (Å²) in [5, 5.41) is 8.49. The summed E-state index contributed by atoms with van der Waals surface area (Å²) < 4.78 is 11.4. The maximum Gasteiger partial charge on any atom is 0.399 e. The number of carbonyl (C=O) groups is 2. The summed E-state index contributed by atoms with van der Waals surface area (Å²) in [6, 6.07) is 0. The van der Waals surface area contributed by atoms with Crippen LogP contribution in [0.3, 0.4) is 0 Å². The highest BCUT2D eigenvalue weighted by Gasteiger charge is 2.34. The lowest BCUT2D eigenvalue weighted by atomic mass is 10.4. The third-order valence-corrected chi connectivity index (χ3v) is 10.4. The first-order chi connectivity index (χ1) is 8.72. The largest absolute Gasteiger partial charge is 0.473 e. The molecule has 0 aromatic rings. The van der Waals surface area contributed by atoms with Crippen LogP contribution in [0.2, 0.25) is 0 Å². The van der Waals surface area contributed by atoms with Gasteiger partial charge in [-0.1, -0.05) is 29.7 Å². The van der Waals surface area contributed by atoms with Crippen molar-refractivity contribution in [2.75, 3.05) is 11.5 Å². The number of hydrogen-bond donors (Lipinski definition) is 2. The zero-order valence-electron chi connectivity index (χ0n) is 9.98. The molecule has 0 saturated carbocycles. The molecule has 108 valence electrons. The second kappa shape index (κ2) is 7.47. The molecule has 1 aliphatic heterocycles. The van der Waals surface area contributed by atoms with Gasteiger partial charge in [0.1, 0.15) is 0 Å². The van der Waals surface area contributed by atoms with Crippen LogP contribution in [0.25, 0.3) is 0 Å². The Hall–Kier alpha value is 0.470. The van der Waals surface area contributed by atoms with Crippen molar-refractivity contribution in [3.8, 4) is 0 Å². The molecule has 0 bridgehead atoms. The van der Waals surface area contributed by atoms with E-state index in [9.17, 15) is 14.2 Å². The van der Waals surface area contributed by atoms with Gasteiger partial charge in [-0.15, -0.1) is 23.5 Å². The molecule has 5 nitrogen and oxygen atoms in total. The van der Waals surface area contributed by atoms with Gasteiger partial charge in [0.05, 0.1) is 9.16 Å². The Bertz CT molecular complexity index is 440. The molecule has 0 spiro atoms. The quantitative estimate of drug-likeness (QED) is 0.545. The first-order valence-corrected chi connectivity index (χ1v) is 11.2. The van der Waals surface area contributed by atoms with Crippen molar-refractivity contribution in [3.63, 3.8) is 0 Å². The van der Waals surface area contributed by atoms with Crippen molar-refractivity contribution >= 4 is 64.1 Å². The van der Waals surface area contributed by atoms with Crippen molar-refractivity contribution in [3.05, 3.63) is 12.2 Å². The maximum atomic E-state index is 11.5. The summed E-state index contributed by atoms with van der Waals surface area (Å²) in [5.74, 6) is 1.02. The van der Waals surface area contributed by atoms with Crippen LogP contribution in [0.5, 0.6) is 0 Å². The molecule has 0 aromatic heterocycles. The van der Waals surface area contributed by atoms with Gasteiger partial charge in [-0.25, -0.2) is 4.79 Å². The first kappa shape index (κ1) is 17.5. The zero-order chi connectivity index (χ0) is 14.6. The van der Waals surface area contributed by atoms with Crippen LogP contribution in [-0.4, -0.2) is 41.5 Å². The molecule has 1 fully saturated rings. The molecule has 0 aliphatic carbocycles. The molecule has 0 radical (unpaired) electrons. The predicted molar refractivity (Wildman–Crippen MR) is 85.3 cm³/mol. The van der Waals surface area contributed by atoms with Crippen molar-refractivity contribution in [2.24, 2.45) is 0 Å². The van der Waals surface area contributed by atoms with Gasteiger partial charge in [-0.2, -0.15) is 0 Å². The maximum absolute atomic E-state index is 11.5. The second-order valence-electron chi connectivity index (χ2n) is 3.61. The highest BCUT2D eigenvalue weighted by atomic mass is 32.7. The van der Waals surface area contributed by atoms with E-state index in [0.29, 0.717) is 17.0 Å². The Morgan fingerprint density at radius 3 is 2.68 bits per heavy atom. The standard InChI is InChI=1S/C9H13O5PS4/c1-5(2)8(10)19-7-3-16-6(18-7)4-17-15(13,14)9(11)12/h6-7H,1,3-4H2,2H3,(H,11,12)(H,13,14). The molecular weight excluding hydrogens is 347 g/mol. The minimum Gasteiger partial charge on any atom is -0.473 e. The van der Waals surface area contributed by atoms with Crippen LogP contribution < -0.4 is 0 Å². The number of thioether (sulfide) groups is 3. The summed E-state index contributed by atoms with van der Waals surface area (Å²) in [6.45, 7) is 1.07. The van der Waals surface area contributed by atoms with E-state index in [1.165, 1.54) is 23.5 Å². The van der Waals surface area contributed by atoms with Gasteiger partial charge < -0.3 is 10.00 Å². The Morgan fingerprint density at radius 2 is 2.16 bits per heavy atom. The van der Waals surface area contributed by atoms with Crippen LogP contribution in [0.1, 0.15) is 6.92 Å². The monoisotopic (exact) mass is 360 g/mol. The summed E-state index contributed by atoms with van der Waals surface area (Å²) in [7, 11) is 0. The van der Waals surface area contributed by atoms with E-state index in [0.717, 1.165) is 5.75 Å². The van der Waals surface area contributed by atoms with Crippen molar-refractivity contribution < 1.29 is 24.2 Å². The minimum absolute atomic E-state index is 0.0280. The normalized spacial score (nSPS) is 25.8. The van der Waals surface area contributed by atoms with Gasteiger partial charge in [0.25, 0.3) is 0 Å². The fourth-order valence-corrected chi connectivity index (χ4v) is 8.81. The lowest BCUT2D eigenvalue weighted by Crippen LogP contribution is -2.03. The third kappa shape index (κ3) is 5.77. The fraction of sp³-hybridized carbons (Fsp3) is 0.556. The van der Waals surface area contributed by atoms with Crippen molar-refractivity contribution in [1.29, 1.82) is 0 Å². The van der Waals surface area contributed by atoms with E-state index in [-0.39, 0.29) is 20.0 Å². The summed E-state index contributed by atoms with van der Waals surface area (Å²) in [5.41, 5.74) is -1.17. The average molecular weight is 360 g/mol. The molecule has 0 amide bonds. The minimum atomic E-state index is -4.16. The Balaban J connectivity index is 2.37. The number of carboxylic acid groups (broad SMARTS) is 1. The molecule has 1 rings (SSSR count). The topological polar surface area (TPSA) is 91.7 Å². The third-order valence-electron chi connectivity index (χ3n) is 1.94. The van der Waals surface area contributed by atoms with Crippen LogP contribution >= 0.6 is 53.2 Å². The highest BCUT2D eigenvalue weighted by Crippen LogP contribution is 2.57.